The van der Waals surface area contributed by atoms with Crippen LogP contribution >= 0.6 is 0 Å². The second-order valence-corrected chi connectivity index (χ2v) is 4.82. The zero-order chi connectivity index (χ0) is 14.2. The normalized spacial score (nSPS) is 15.8. The molecule has 0 atom stereocenters. The van der Waals surface area contributed by atoms with Crippen molar-refractivity contribution in [2.24, 2.45) is 0 Å². The number of rotatable bonds is 5. The molecule has 2 rings (SSSR count). The van der Waals surface area contributed by atoms with Crippen molar-refractivity contribution in [1.29, 1.82) is 0 Å². The maximum atomic E-state index is 11.9. The molecular formula is C15H20N4O. The van der Waals surface area contributed by atoms with E-state index in [1.807, 2.05) is 29.4 Å². The maximum absolute atomic E-state index is 11.9. The molecule has 1 saturated heterocycles. The van der Waals surface area contributed by atoms with Crippen LogP contribution in [-0.4, -0.2) is 60.0 Å². The van der Waals surface area contributed by atoms with E-state index in [4.69, 9.17) is 6.42 Å². The van der Waals surface area contributed by atoms with Crippen LogP contribution in [0.4, 0.5) is 0 Å². The minimum atomic E-state index is 0.129. The summed E-state index contributed by atoms with van der Waals surface area (Å²) in [7, 11) is 0. The zero-order valence-corrected chi connectivity index (χ0v) is 11.6. The van der Waals surface area contributed by atoms with Gasteiger partial charge in [-0.15, -0.1) is 6.42 Å². The molecule has 1 amide bonds. The summed E-state index contributed by atoms with van der Waals surface area (Å²) in [6.07, 6.45) is 8.76. The molecule has 1 aliphatic heterocycles. The van der Waals surface area contributed by atoms with Gasteiger partial charge in [0.05, 0.1) is 13.1 Å². The summed E-state index contributed by atoms with van der Waals surface area (Å²) in [5.41, 5.74) is 1.26. The predicted octanol–water partition coefficient (Wildman–Crippen LogP) is -0.0514. The first-order valence-electron chi connectivity index (χ1n) is 6.83. The summed E-state index contributed by atoms with van der Waals surface area (Å²) < 4.78 is 0. The van der Waals surface area contributed by atoms with Crippen LogP contribution in [0.3, 0.4) is 0 Å². The van der Waals surface area contributed by atoms with Crippen molar-refractivity contribution in [3.63, 3.8) is 0 Å². The lowest BCUT2D eigenvalue weighted by Gasteiger charge is -2.34. The van der Waals surface area contributed by atoms with Gasteiger partial charge in [0.1, 0.15) is 0 Å². The number of nitrogens with one attached hydrogen (secondary N) is 1. The Hall–Kier alpha value is -1.90. The Balaban J connectivity index is 1.72. The number of carbonyl (C=O) groups is 1. The van der Waals surface area contributed by atoms with Gasteiger partial charge < -0.3 is 4.90 Å². The molecule has 0 bridgehead atoms. The molecule has 0 aliphatic carbocycles. The summed E-state index contributed by atoms with van der Waals surface area (Å²) in [5, 5.41) is 2.94. The second-order valence-electron chi connectivity index (χ2n) is 4.82. The van der Waals surface area contributed by atoms with Crippen LogP contribution < -0.4 is 5.32 Å². The summed E-state index contributed by atoms with van der Waals surface area (Å²) in [4.78, 5) is 20.2. The van der Waals surface area contributed by atoms with E-state index in [1.165, 1.54) is 5.56 Å². The van der Waals surface area contributed by atoms with Crippen molar-refractivity contribution in [2.75, 3.05) is 39.3 Å². The van der Waals surface area contributed by atoms with Gasteiger partial charge in [0.2, 0.25) is 5.91 Å². The summed E-state index contributed by atoms with van der Waals surface area (Å²) in [6, 6.07) is 4.06. The first-order valence-corrected chi connectivity index (χ1v) is 6.83. The molecular weight excluding hydrogens is 252 g/mol. The molecule has 0 saturated carbocycles. The minimum absolute atomic E-state index is 0.129. The fraction of sp³-hybridized carbons (Fsp3) is 0.467. The van der Waals surface area contributed by atoms with Crippen molar-refractivity contribution >= 4 is 5.91 Å². The minimum Gasteiger partial charge on any atom is -0.339 e. The highest BCUT2D eigenvalue weighted by Gasteiger charge is 2.20. The zero-order valence-electron chi connectivity index (χ0n) is 11.6. The highest BCUT2D eigenvalue weighted by Crippen LogP contribution is 2.07. The first-order chi connectivity index (χ1) is 9.79. The molecule has 5 heteroatoms. The van der Waals surface area contributed by atoms with Gasteiger partial charge in [-0.05, 0) is 17.7 Å². The molecule has 20 heavy (non-hydrogen) atoms. The molecule has 0 unspecified atom stereocenters. The standard InChI is InChI=1S/C15H20N4O/c1-2-5-17-12-15(20)19-10-8-18(9-11-19)13-14-3-6-16-7-4-14/h1,3-4,6-7,17H,5,8-13H2. The van der Waals surface area contributed by atoms with Crippen molar-refractivity contribution in [3.05, 3.63) is 30.1 Å². The van der Waals surface area contributed by atoms with Crippen LogP contribution in [0.5, 0.6) is 0 Å². The molecule has 5 nitrogen and oxygen atoms in total. The van der Waals surface area contributed by atoms with E-state index >= 15 is 0 Å². The Kier molecular flexibility index (Phi) is 5.54. The van der Waals surface area contributed by atoms with Crippen molar-refractivity contribution in [3.8, 4) is 12.3 Å². The fourth-order valence-corrected chi connectivity index (χ4v) is 2.26. The van der Waals surface area contributed by atoms with Crippen LogP contribution in [0.1, 0.15) is 5.56 Å². The molecule has 1 aromatic rings. The van der Waals surface area contributed by atoms with Gasteiger partial charge in [0.25, 0.3) is 0 Å². The number of aromatic nitrogens is 1. The topological polar surface area (TPSA) is 48.5 Å². The fourth-order valence-electron chi connectivity index (χ4n) is 2.26. The van der Waals surface area contributed by atoms with E-state index in [0.29, 0.717) is 13.1 Å². The van der Waals surface area contributed by atoms with E-state index in [2.05, 4.69) is 21.1 Å². The first kappa shape index (κ1) is 14.5. The Morgan fingerprint density at radius 3 is 2.65 bits per heavy atom. The monoisotopic (exact) mass is 272 g/mol. The number of carbonyl (C=O) groups excluding carboxylic acids is 1. The number of hydrogen-bond donors (Lipinski definition) is 1. The van der Waals surface area contributed by atoms with Crippen LogP contribution in [0.25, 0.3) is 0 Å². The summed E-state index contributed by atoms with van der Waals surface area (Å²) in [6.45, 7) is 5.05. The van der Waals surface area contributed by atoms with E-state index in [9.17, 15) is 4.79 Å². The van der Waals surface area contributed by atoms with Gasteiger partial charge in [0.15, 0.2) is 0 Å². The Morgan fingerprint density at radius 2 is 2.00 bits per heavy atom. The molecule has 1 fully saturated rings. The van der Waals surface area contributed by atoms with Crippen LogP contribution in [0.15, 0.2) is 24.5 Å². The molecule has 1 aromatic heterocycles. The molecule has 1 N–H and O–H groups in total. The molecule has 0 radical (unpaired) electrons. The number of nitrogens with zero attached hydrogens (tertiary/aromatic N) is 3. The lowest BCUT2D eigenvalue weighted by Crippen LogP contribution is -2.50. The van der Waals surface area contributed by atoms with Gasteiger partial charge in [-0.3, -0.25) is 20.0 Å². The number of amides is 1. The van der Waals surface area contributed by atoms with Gasteiger partial charge >= 0.3 is 0 Å². The van der Waals surface area contributed by atoms with Crippen LogP contribution in [-0.2, 0) is 11.3 Å². The lowest BCUT2D eigenvalue weighted by atomic mass is 10.2. The highest BCUT2D eigenvalue weighted by molar-refractivity contribution is 5.78. The van der Waals surface area contributed by atoms with Crippen molar-refractivity contribution in [1.82, 2.24) is 20.1 Å². The average Bonchev–Trinajstić information content (AvgIpc) is 2.49. The largest absolute Gasteiger partial charge is 0.339 e. The average molecular weight is 272 g/mol. The number of terminal acetylenes is 1. The lowest BCUT2D eigenvalue weighted by molar-refractivity contribution is -0.132. The van der Waals surface area contributed by atoms with E-state index in [1.54, 1.807) is 0 Å². The van der Waals surface area contributed by atoms with Crippen molar-refractivity contribution < 1.29 is 4.79 Å². The van der Waals surface area contributed by atoms with Gasteiger partial charge in [-0.1, -0.05) is 5.92 Å². The van der Waals surface area contributed by atoms with Gasteiger partial charge in [0, 0.05) is 45.1 Å². The quantitative estimate of drug-likeness (QED) is 0.603. The second kappa shape index (κ2) is 7.63. The maximum Gasteiger partial charge on any atom is 0.236 e. The molecule has 106 valence electrons. The molecule has 0 aromatic carbocycles. The van der Waals surface area contributed by atoms with Gasteiger partial charge in [-0.25, -0.2) is 0 Å². The van der Waals surface area contributed by atoms with Gasteiger partial charge in [-0.2, -0.15) is 0 Å². The van der Waals surface area contributed by atoms with Crippen molar-refractivity contribution in [2.45, 2.75) is 6.54 Å². The van der Waals surface area contributed by atoms with E-state index < -0.39 is 0 Å². The number of pyridine rings is 1. The molecule has 0 spiro atoms. The SMILES string of the molecule is C#CCNCC(=O)N1CCN(Cc2ccncc2)CC1. The smallest absolute Gasteiger partial charge is 0.236 e. The highest BCUT2D eigenvalue weighted by atomic mass is 16.2. The predicted molar refractivity (Wildman–Crippen MR) is 77.8 cm³/mol. The van der Waals surface area contributed by atoms with Crippen LogP contribution in [0, 0.1) is 12.3 Å². The Morgan fingerprint density at radius 1 is 1.30 bits per heavy atom. The Labute approximate surface area is 120 Å². The number of hydrogen-bond acceptors (Lipinski definition) is 4. The molecule has 1 aliphatic rings. The Bertz CT molecular complexity index is 461. The third kappa shape index (κ3) is 4.34. The van der Waals surface area contributed by atoms with E-state index in [0.717, 1.165) is 32.7 Å². The third-order valence-corrected chi connectivity index (χ3v) is 3.38. The summed E-state index contributed by atoms with van der Waals surface area (Å²) >= 11 is 0. The summed E-state index contributed by atoms with van der Waals surface area (Å²) in [5.74, 6) is 2.59. The third-order valence-electron chi connectivity index (χ3n) is 3.38. The molecule has 2 heterocycles. The van der Waals surface area contributed by atoms with E-state index in [-0.39, 0.29) is 5.91 Å². The number of piperazine rings is 1. The van der Waals surface area contributed by atoms with Crippen LogP contribution in [0.2, 0.25) is 0 Å².